The molecule has 8 nitrogen and oxygen atoms in total. The van der Waals surface area contributed by atoms with Gasteiger partial charge in [-0.15, -0.1) is 0 Å². The lowest BCUT2D eigenvalue weighted by molar-refractivity contribution is -0.149. The molecule has 0 saturated heterocycles. The van der Waals surface area contributed by atoms with Crippen molar-refractivity contribution in [1.82, 2.24) is 5.32 Å². The molecule has 3 rings (SSSR count). The normalized spacial score (nSPS) is 11.4. The third-order valence-corrected chi connectivity index (χ3v) is 4.73. The van der Waals surface area contributed by atoms with Gasteiger partial charge in [-0.05, 0) is 55.0 Å². The summed E-state index contributed by atoms with van der Waals surface area (Å²) >= 11 is 0. The van der Waals surface area contributed by atoms with Gasteiger partial charge in [0.25, 0.3) is 5.91 Å². The molecule has 2 amide bonds. The van der Waals surface area contributed by atoms with Gasteiger partial charge in [0, 0.05) is 6.08 Å². The Bertz CT molecular complexity index is 1180. The van der Waals surface area contributed by atoms with Crippen molar-refractivity contribution in [3.63, 3.8) is 0 Å². The monoisotopic (exact) mass is 474 g/mol. The number of ether oxygens (including phenoxy) is 3. The number of rotatable bonds is 10. The van der Waals surface area contributed by atoms with E-state index in [1.54, 1.807) is 73.8 Å². The summed E-state index contributed by atoms with van der Waals surface area (Å²) in [5.74, 6) is 0.0235. The maximum absolute atomic E-state index is 12.3. The summed E-state index contributed by atoms with van der Waals surface area (Å²) in [6.45, 7) is 0.961. The molecule has 0 bridgehead atoms. The number of para-hydroxylation sites is 3. The van der Waals surface area contributed by atoms with Crippen LogP contribution in [0.25, 0.3) is 6.08 Å². The van der Waals surface area contributed by atoms with E-state index in [0.29, 0.717) is 22.9 Å². The van der Waals surface area contributed by atoms with E-state index in [-0.39, 0.29) is 0 Å². The van der Waals surface area contributed by atoms with E-state index in [0.717, 1.165) is 5.56 Å². The molecule has 0 fully saturated rings. The average molecular weight is 475 g/mol. The molecule has 0 spiro atoms. The summed E-state index contributed by atoms with van der Waals surface area (Å²) < 4.78 is 15.9. The number of hydrogen-bond donors (Lipinski definition) is 2. The van der Waals surface area contributed by atoms with Gasteiger partial charge in [-0.3, -0.25) is 9.59 Å². The number of nitrogens with one attached hydrogen (secondary N) is 2. The molecule has 180 valence electrons. The van der Waals surface area contributed by atoms with Gasteiger partial charge in [0.15, 0.2) is 12.4 Å². The first kappa shape index (κ1) is 25.0. The molecule has 8 heteroatoms. The number of hydrogen-bond acceptors (Lipinski definition) is 6. The van der Waals surface area contributed by atoms with Gasteiger partial charge in [0.05, 0.1) is 12.8 Å². The van der Waals surface area contributed by atoms with Crippen molar-refractivity contribution in [2.75, 3.05) is 19.0 Å². The molecule has 0 radical (unpaired) electrons. The first-order chi connectivity index (χ1) is 16.9. The number of benzene rings is 3. The van der Waals surface area contributed by atoms with Crippen molar-refractivity contribution >= 4 is 29.5 Å². The molecular weight excluding hydrogens is 448 g/mol. The van der Waals surface area contributed by atoms with Crippen LogP contribution in [0.5, 0.6) is 17.2 Å². The largest absolute Gasteiger partial charge is 0.497 e. The molecule has 0 aliphatic carbocycles. The van der Waals surface area contributed by atoms with Crippen LogP contribution in [0.1, 0.15) is 12.5 Å². The number of amides is 2. The Labute approximate surface area is 203 Å². The van der Waals surface area contributed by atoms with Crippen molar-refractivity contribution in [3.8, 4) is 17.2 Å². The zero-order chi connectivity index (χ0) is 25.0. The van der Waals surface area contributed by atoms with E-state index in [4.69, 9.17) is 14.2 Å². The lowest BCUT2D eigenvalue weighted by atomic mass is 10.2. The van der Waals surface area contributed by atoms with Crippen molar-refractivity contribution in [2.24, 2.45) is 0 Å². The van der Waals surface area contributed by atoms with E-state index in [2.05, 4.69) is 10.6 Å². The fourth-order valence-electron chi connectivity index (χ4n) is 2.93. The van der Waals surface area contributed by atoms with Gasteiger partial charge < -0.3 is 24.8 Å². The van der Waals surface area contributed by atoms with Crippen molar-refractivity contribution < 1.29 is 28.6 Å². The SMILES string of the molecule is COc1ccc(C=CC(=O)NC(C)C(=O)OCC(=O)Nc2ccccc2Oc2ccccc2)cc1. The van der Waals surface area contributed by atoms with Crippen LogP contribution < -0.4 is 20.1 Å². The average Bonchev–Trinajstić information content (AvgIpc) is 2.88. The topological polar surface area (TPSA) is 103 Å². The highest BCUT2D eigenvalue weighted by Gasteiger charge is 2.18. The summed E-state index contributed by atoms with van der Waals surface area (Å²) in [5, 5.41) is 5.17. The van der Waals surface area contributed by atoms with Crippen LogP contribution in [0, 0.1) is 0 Å². The van der Waals surface area contributed by atoms with Gasteiger partial charge in [-0.1, -0.05) is 42.5 Å². The van der Waals surface area contributed by atoms with Crippen LogP contribution >= 0.6 is 0 Å². The first-order valence-corrected chi connectivity index (χ1v) is 10.9. The van der Waals surface area contributed by atoms with Crippen LogP contribution in [0.4, 0.5) is 5.69 Å². The smallest absolute Gasteiger partial charge is 0.328 e. The minimum absolute atomic E-state index is 0.433. The lowest BCUT2D eigenvalue weighted by Gasteiger charge is -2.14. The van der Waals surface area contributed by atoms with Crippen molar-refractivity contribution in [2.45, 2.75) is 13.0 Å². The fraction of sp³-hybridized carbons (Fsp3) is 0.148. The minimum Gasteiger partial charge on any atom is -0.497 e. The Balaban J connectivity index is 1.46. The molecule has 0 aromatic heterocycles. The maximum atomic E-state index is 12.3. The molecule has 35 heavy (non-hydrogen) atoms. The number of carbonyl (C=O) groups is 3. The molecular formula is C27H26N2O6. The summed E-state index contributed by atoms with van der Waals surface area (Å²) in [4.78, 5) is 36.6. The van der Waals surface area contributed by atoms with E-state index < -0.39 is 30.4 Å². The second kappa shape index (κ2) is 12.6. The zero-order valence-corrected chi connectivity index (χ0v) is 19.4. The molecule has 0 aliphatic heterocycles. The molecule has 3 aromatic carbocycles. The summed E-state index contributed by atoms with van der Waals surface area (Å²) in [6.07, 6.45) is 2.91. The van der Waals surface area contributed by atoms with Crippen molar-refractivity contribution in [1.29, 1.82) is 0 Å². The van der Waals surface area contributed by atoms with E-state index >= 15 is 0 Å². The van der Waals surface area contributed by atoms with Crippen molar-refractivity contribution in [3.05, 3.63) is 90.5 Å². The Hall–Kier alpha value is -4.59. The Morgan fingerprint density at radius 3 is 2.29 bits per heavy atom. The predicted molar refractivity (Wildman–Crippen MR) is 132 cm³/mol. The van der Waals surface area contributed by atoms with Gasteiger partial charge in [0.2, 0.25) is 5.91 Å². The van der Waals surface area contributed by atoms with Crippen LogP contribution in [-0.2, 0) is 19.1 Å². The zero-order valence-electron chi connectivity index (χ0n) is 19.4. The van der Waals surface area contributed by atoms with Gasteiger partial charge in [0.1, 0.15) is 17.5 Å². The van der Waals surface area contributed by atoms with Crippen LogP contribution in [0.2, 0.25) is 0 Å². The predicted octanol–water partition coefficient (Wildman–Crippen LogP) is 4.19. The lowest BCUT2D eigenvalue weighted by Crippen LogP contribution is -2.39. The number of esters is 1. The van der Waals surface area contributed by atoms with Gasteiger partial charge in [-0.25, -0.2) is 4.79 Å². The minimum atomic E-state index is -0.940. The Morgan fingerprint density at radius 1 is 0.886 bits per heavy atom. The van der Waals surface area contributed by atoms with Crippen LogP contribution in [0.15, 0.2) is 84.9 Å². The maximum Gasteiger partial charge on any atom is 0.328 e. The summed E-state index contributed by atoms with van der Waals surface area (Å²) in [6, 6.07) is 22.2. The second-order valence-electron chi connectivity index (χ2n) is 7.40. The molecule has 3 aromatic rings. The third kappa shape index (κ3) is 8.04. The third-order valence-electron chi connectivity index (χ3n) is 4.73. The summed E-state index contributed by atoms with van der Waals surface area (Å²) in [7, 11) is 1.57. The standard InChI is InChI=1S/C27H26N2O6/c1-19(28-25(30)17-14-20-12-15-21(33-2)16-13-20)27(32)34-18-26(31)29-23-10-6-7-11-24(23)35-22-8-4-3-5-9-22/h3-17,19H,18H2,1-2H3,(H,28,30)(H,29,31). The Kier molecular flexibility index (Phi) is 9.01. The number of methoxy groups -OCH3 is 1. The molecule has 0 heterocycles. The molecule has 2 N–H and O–H groups in total. The van der Waals surface area contributed by atoms with Gasteiger partial charge in [-0.2, -0.15) is 0 Å². The van der Waals surface area contributed by atoms with Crippen LogP contribution in [0.3, 0.4) is 0 Å². The fourth-order valence-corrected chi connectivity index (χ4v) is 2.93. The molecule has 0 saturated carbocycles. The quantitative estimate of drug-likeness (QED) is 0.337. The number of carbonyl (C=O) groups excluding carboxylic acids is 3. The van der Waals surface area contributed by atoms with Crippen LogP contribution in [-0.4, -0.2) is 37.5 Å². The molecule has 0 aliphatic rings. The van der Waals surface area contributed by atoms with Gasteiger partial charge >= 0.3 is 5.97 Å². The van der Waals surface area contributed by atoms with E-state index in [9.17, 15) is 14.4 Å². The molecule has 1 atom stereocenters. The second-order valence-corrected chi connectivity index (χ2v) is 7.40. The van der Waals surface area contributed by atoms with E-state index in [1.807, 2.05) is 18.2 Å². The summed E-state index contributed by atoms with van der Waals surface area (Å²) in [5.41, 5.74) is 1.23. The first-order valence-electron chi connectivity index (χ1n) is 10.9. The Morgan fingerprint density at radius 2 is 1.57 bits per heavy atom. The highest BCUT2D eigenvalue weighted by molar-refractivity contribution is 5.96. The molecule has 1 unspecified atom stereocenters. The highest BCUT2D eigenvalue weighted by atomic mass is 16.5. The van der Waals surface area contributed by atoms with E-state index in [1.165, 1.54) is 13.0 Å². The number of anilines is 1. The highest BCUT2D eigenvalue weighted by Crippen LogP contribution is 2.29.